The van der Waals surface area contributed by atoms with Crippen LogP contribution in [0.2, 0.25) is 0 Å². The standard InChI is InChI=1S/C41H53N5O8/c1-25(2)19-32(37(48)41(6)24-52-41)43-39(50)34(21-29-15-11-8-12-16-29)46-27(5)20-33(40(46)51)44-38(49)31(18-17-28-13-9-7-10-14-28)42-35(47)22-30-23-36(54-45-30)53-26(3)4/h7-16,23,25-27,31-34H,17-22,24H2,1-6H3,(H,42,47)(H,43,50)(H,44,49)/t27?,31-,32-,33-,34-,41?/m0/s1. The van der Waals surface area contributed by atoms with E-state index in [1.165, 1.54) is 11.0 Å². The Balaban J connectivity index is 1.32. The molecule has 0 radical (unpaired) electrons. The van der Waals surface area contributed by atoms with Crippen molar-refractivity contribution in [2.24, 2.45) is 5.92 Å². The Morgan fingerprint density at radius 2 is 1.59 bits per heavy atom. The maximum absolute atomic E-state index is 14.2. The smallest absolute Gasteiger partial charge is 0.311 e. The fourth-order valence-corrected chi connectivity index (χ4v) is 6.85. The molecule has 2 aliphatic rings. The lowest BCUT2D eigenvalue weighted by atomic mass is 9.92. The van der Waals surface area contributed by atoms with Crippen LogP contribution in [-0.4, -0.2) is 88.0 Å². The first-order valence-corrected chi connectivity index (χ1v) is 18.8. The fraction of sp³-hybridized carbons (Fsp3) is 0.512. The number of benzene rings is 2. The number of aromatic nitrogens is 1. The third-order valence-corrected chi connectivity index (χ3v) is 9.72. The zero-order valence-electron chi connectivity index (χ0n) is 32.0. The van der Waals surface area contributed by atoms with Crippen molar-refractivity contribution < 1.29 is 38.0 Å². The molecule has 3 aromatic rings. The second-order valence-electron chi connectivity index (χ2n) is 15.3. The highest BCUT2D eigenvalue weighted by Crippen LogP contribution is 2.30. The van der Waals surface area contributed by atoms with Crippen LogP contribution in [0.3, 0.4) is 0 Å². The average molecular weight is 744 g/mol. The van der Waals surface area contributed by atoms with Gasteiger partial charge in [-0.1, -0.05) is 79.7 Å². The van der Waals surface area contributed by atoms with Crippen molar-refractivity contribution in [3.05, 3.63) is 83.6 Å². The van der Waals surface area contributed by atoms with E-state index >= 15 is 0 Å². The van der Waals surface area contributed by atoms with Crippen LogP contribution >= 0.6 is 0 Å². The number of nitrogens with zero attached hydrogens (tertiary/aromatic N) is 2. The summed E-state index contributed by atoms with van der Waals surface area (Å²) in [5.74, 6) is -1.70. The molecule has 290 valence electrons. The van der Waals surface area contributed by atoms with E-state index in [0.717, 1.165) is 11.1 Å². The van der Waals surface area contributed by atoms with Crippen molar-refractivity contribution in [1.82, 2.24) is 26.0 Å². The van der Waals surface area contributed by atoms with Crippen LogP contribution in [0.4, 0.5) is 0 Å². The first kappa shape index (κ1) is 40.2. The number of carbonyl (C=O) groups excluding carboxylic acids is 5. The number of amides is 4. The summed E-state index contributed by atoms with van der Waals surface area (Å²) in [5.41, 5.74) is 1.24. The van der Waals surface area contributed by atoms with E-state index in [1.807, 2.05) is 95.3 Å². The summed E-state index contributed by atoms with van der Waals surface area (Å²) in [5, 5.41) is 12.6. The zero-order chi connectivity index (χ0) is 39.0. The second-order valence-corrected chi connectivity index (χ2v) is 15.3. The van der Waals surface area contributed by atoms with Gasteiger partial charge in [0, 0.05) is 18.5 Å². The van der Waals surface area contributed by atoms with Gasteiger partial charge in [0.15, 0.2) is 5.78 Å². The summed E-state index contributed by atoms with van der Waals surface area (Å²) in [4.78, 5) is 70.5. The first-order valence-electron chi connectivity index (χ1n) is 18.8. The van der Waals surface area contributed by atoms with Gasteiger partial charge in [-0.3, -0.25) is 24.0 Å². The molecule has 1 aromatic heterocycles. The molecule has 0 spiro atoms. The minimum Gasteiger partial charge on any atom is -0.461 e. The largest absolute Gasteiger partial charge is 0.461 e. The van der Waals surface area contributed by atoms with Gasteiger partial charge >= 0.3 is 5.95 Å². The molecule has 6 atom stereocenters. The van der Waals surface area contributed by atoms with E-state index in [2.05, 4.69) is 21.1 Å². The lowest BCUT2D eigenvalue weighted by Crippen LogP contribution is -2.57. The van der Waals surface area contributed by atoms with Crippen molar-refractivity contribution >= 4 is 29.4 Å². The first-order chi connectivity index (χ1) is 25.7. The summed E-state index contributed by atoms with van der Waals surface area (Å²) >= 11 is 0. The van der Waals surface area contributed by atoms with Crippen LogP contribution in [0, 0.1) is 5.92 Å². The van der Waals surface area contributed by atoms with E-state index in [-0.39, 0.29) is 49.4 Å². The highest BCUT2D eigenvalue weighted by molar-refractivity contribution is 5.99. The lowest BCUT2D eigenvalue weighted by Gasteiger charge is -2.33. The Hall–Kier alpha value is -5.04. The Morgan fingerprint density at radius 3 is 2.20 bits per heavy atom. The van der Waals surface area contributed by atoms with Crippen molar-refractivity contribution in [2.45, 2.75) is 122 Å². The molecular formula is C41H53N5O8. The molecule has 2 saturated heterocycles. The Kier molecular flexibility index (Phi) is 13.3. The molecule has 0 bridgehead atoms. The number of carbonyl (C=O) groups is 5. The number of Topliss-reactive ketones (excluding diaryl/α,β-unsaturated/α-hetero) is 1. The van der Waals surface area contributed by atoms with Gasteiger partial charge < -0.3 is 34.8 Å². The van der Waals surface area contributed by atoms with Crippen LogP contribution in [0.15, 0.2) is 71.3 Å². The molecular weight excluding hydrogens is 690 g/mol. The van der Waals surface area contributed by atoms with Gasteiger partial charge in [0.25, 0.3) is 0 Å². The van der Waals surface area contributed by atoms with E-state index in [9.17, 15) is 24.0 Å². The summed E-state index contributed by atoms with van der Waals surface area (Å²) in [6.07, 6.45) is 1.37. The Morgan fingerprint density at radius 1 is 0.944 bits per heavy atom. The maximum Gasteiger partial charge on any atom is 0.311 e. The van der Waals surface area contributed by atoms with E-state index < -0.39 is 59.4 Å². The molecule has 0 aliphatic carbocycles. The van der Waals surface area contributed by atoms with Gasteiger partial charge in [-0.05, 0) is 70.4 Å². The molecule has 2 unspecified atom stereocenters. The fourth-order valence-electron chi connectivity index (χ4n) is 6.85. The number of epoxide rings is 1. The molecule has 4 amide bonds. The molecule has 2 fully saturated rings. The highest BCUT2D eigenvalue weighted by Gasteiger charge is 2.51. The highest BCUT2D eigenvalue weighted by atomic mass is 16.6. The van der Waals surface area contributed by atoms with E-state index in [1.54, 1.807) is 6.92 Å². The molecule has 13 nitrogen and oxygen atoms in total. The number of nitrogens with one attached hydrogen (secondary N) is 3. The lowest BCUT2D eigenvalue weighted by molar-refractivity contribution is -0.142. The summed E-state index contributed by atoms with van der Waals surface area (Å²) in [6.45, 7) is 11.5. The molecule has 3 N–H and O–H groups in total. The second kappa shape index (κ2) is 17.9. The molecule has 2 aliphatic heterocycles. The maximum atomic E-state index is 14.2. The van der Waals surface area contributed by atoms with E-state index in [4.69, 9.17) is 14.0 Å². The topological polar surface area (TPSA) is 172 Å². The Labute approximate surface area is 316 Å². The zero-order valence-corrected chi connectivity index (χ0v) is 32.0. The number of rotatable bonds is 19. The molecule has 54 heavy (non-hydrogen) atoms. The quantitative estimate of drug-likeness (QED) is 0.155. The van der Waals surface area contributed by atoms with Crippen molar-refractivity contribution in [3.63, 3.8) is 0 Å². The summed E-state index contributed by atoms with van der Waals surface area (Å²) in [6, 6.07) is 16.4. The normalized spacial score (nSPS) is 21.0. The third-order valence-electron chi connectivity index (χ3n) is 9.72. The SMILES string of the molecule is CC(C)C[C@H](NC(=O)[C@H](Cc1ccccc1)N1C(=O)[C@@H](NC(=O)[C@H](CCc2ccccc2)NC(=O)Cc2cc(OC(C)C)on2)CC1C)C(=O)C1(C)CO1. The number of ketones is 1. The molecule has 2 aromatic carbocycles. The number of aryl methyl sites for hydroxylation is 1. The van der Waals surface area contributed by atoms with E-state index in [0.29, 0.717) is 25.1 Å². The third kappa shape index (κ3) is 10.8. The van der Waals surface area contributed by atoms with Crippen LogP contribution in [-0.2, 0) is 48.0 Å². The Bertz CT molecular complexity index is 1760. The van der Waals surface area contributed by atoms with Crippen molar-refractivity contribution in [1.29, 1.82) is 0 Å². The van der Waals surface area contributed by atoms with Crippen molar-refractivity contribution in [2.75, 3.05) is 6.61 Å². The van der Waals surface area contributed by atoms with Gasteiger partial charge in [0.2, 0.25) is 23.6 Å². The van der Waals surface area contributed by atoms with Gasteiger partial charge in [-0.2, -0.15) is 0 Å². The van der Waals surface area contributed by atoms with Crippen molar-refractivity contribution in [3.8, 4) is 5.95 Å². The van der Waals surface area contributed by atoms with Crippen LogP contribution in [0.5, 0.6) is 5.95 Å². The minimum absolute atomic E-state index is 0.115. The number of likely N-dealkylation sites (tertiary alicyclic amines) is 1. The number of hydrogen-bond donors (Lipinski definition) is 3. The van der Waals surface area contributed by atoms with Crippen LogP contribution in [0.25, 0.3) is 0 Å². The molecule has 5 rings (SSSR count). The molecule has 0 saturated carbocycles. The summed E-state index contributed by atoms with van der Waals surface area (Å²) in [7, 11) is 0. The number of ether oxygens (including phenoxy) is 2. The monoisotopic (exact) mass is 743 g/mol. The molecule has 13 heteroatoms. The van der Waals surface area contributed by atoms with Gasteiger partial charge in [-0.15, -0.1) is 0 Å². The van der Waals surface area contributed by atoms with Gasteiger partial charge in [0.05, 0.1) is 30.9 Å². The summed E-state index contributed by atoms with van der Waals surface area (Å²) < 4.78 is 16.1. The minimum atomic E-state index is -0.967. The average Bonchev–Trinajstić information content (AvgIpc) is 3.64. The van der Waals surface area contributed by atoms with Gasteiger partial charge in [-0.25, -0.2) is 0 Å². The number of hydrogen-bond acceptors (Lipinski definition) is 9. The molecule has 3 heterocycles. The van der Waals surface area contributed by atoms with Gasteiger partial charge in [0.1, 0.15) is 23.7 Å². The predicted molar refractivity (Wildman–Crippen MR) is 200 cm³/mol. The van der Waals surface area contributed by atoms with Crippen LogP contribution < -0.4 is 20.7 Å². The van der Waals surface area contributed by atoms with Crippen LogP contribution in [0.1, 0.15) is 77.6 Å². The predicted octanol–water partition coefficient (Wildman–Crippen LogP) is 3.73.